The molecule has 0 aliphatic carbocycles. The van der Waals surface area contributed by atoms with Crippen molar-refractivity contribution in [3.63, 3.8) is 0 Å². The first-order valence-electron chi connectivity index (χ1n) is 5.23. The van der Waals surface area contributed by atoms with Crippen molar-refractivity contribution in [3.8, 4) is 5.75 Å². The van der Waals surface area contributed by atoms with Gasteiger partial charge in [0.15, 0.2) is 0 Å². The van der Waals surface area contributed by atoms with Gasteiger partial charge in [-0.25, -0.2) is 18.1 Å². The fourth-order valence-electron chi connectivity index (χ4n) is 1.43. The SMILES string of the molecule is COc1ccc(Br)cc1S(=O)(=O)NCc1cscn1. The van der Waals surface area contributed by atoms with Crippen LogP contribution in [0.2, 0.25) is 0 Å². The van der Waals surface area contributed by atoms with E-state index in [1.165, 1.54) is 24.5 Å². The fourth-order valence-corrected chi connectivity index (χ4v) is 3.69. The number of halogens is 1. The second kappa shape index (κ2) is 6.00. The van der Waals surface area contributed by atoms with Crippen molar-refractivity contribution in [3.05, 3.63) is 39.3 Å². The van der Waals surface area contributed by atoms with Gasteiger partial charge in [-0.05, 0) is 18.2 Å². The van der Waals surface area contributed by atoms with E-state index in [1.54, 1.807) is 23.0 Å². The molecule has 0 atom stereocenters. The van der Waals surface area contributed by atoms with E-state index in [2.05, 4.69) is 25.6 Å². The molecule has 2 rings (SSSR count). The van der Waals surface area contributed by atoms with Crippen LogP contribution in [0.5, 0.6) is 5.75 Å². The summed E-state index contributed by atoms with van der Waals surface area (Å²) < 4.78 is 32.7. The van der Waals surface area contributed by atoms with Gasteiger partial charge in [0.1, 0.15) is 10.6 Å². The monoisotopic (exact) mass is 362 g/mol. The maximum Gasteiger partial charge on any atom is 0.244 e. The number of hydrogen-bond donors (Lipinski definition) is 1. The normalized spacial score (nSPS) is 11.5. The van der Waals surface area contributed by atoms with E-state index < -0.39 is 10.0 Å². The molecule has 5 nitrogen and oxygen atoms in total. The highest BCUT2D eigenvalue weighted by atomic mass is 79.9. The Labute approximate surface area is 123 Å². The highest BCUT2D eigenvalue weighted by molar-refractivity contribution is 9.10. The molecule has 19 heavy (non-hydrogen) atoms. The minimum Gasteiger partial charge on any atom is -0.495 e. The number of sulfonamides is 1. The van der Waals surface area contributed by atoms with E-state index >= 15 is 0 Å². The molecule has 0 amide bonds. The van der Waals surface area contributed by atoms with E-state index in [9.17, 15) is 8.42 Å². The third-order valence-electron chi connectivity index (χ3n) is 2.34. The summed E-state index contributed by atoms with van der Waals surface area (Å²) in [5, 5.41) is 1.79. The van der Waals surface area contributed by atoms with Gasteiger partial charge in [0.05, 0.1) is 24.9 Å². The van der Waals surface area contributed by atoms with Crippen molar-refractivity contribution in [1.29, 1.82) is 0 Å². The zero-order valence-corrected chi connectivity index (χ0v) is 13.2. The average Bonchev–Trinajstić information content (AvgIpc) is 2.89. The van der Waals surface area contributed by atoms with Gasteiger partial charge >= 0.3 is 0 Å². The molecular formula is C11H11BrN2O3S2. The van der Waals surface area contributed by atoms with Crippen LogP contribution in [0.25, 0.3) is 0 Å². The second-order valence-electron chi connectivity index (χ2n) is 3.60. The van der Waals surface area contributed by atoms with Gasteiger partial charge in [-0.1, -0.05) is 15.9 Å². The van der Waals surface area contributed by atoms with Gasteiger partial charge < -0.3 is 4.74 Å². The minimum atomic E-state index is -3.64. The second-order valence-corrected chi connectivity index (χ2v) is 6.97. The van der Waals surface area contributed by atoms with Gasteiger partial charge in [-0.2, -0.15) is 0 Å². The van der Waals surface area contributed by atoms with Crippen LogP contribution < -0.4 is 9.46 Å². The van der Waals surface area contributed by atoms with Crippen molar-refractivity contribution in [2.75, 3.05) is 7.11 Å². The number of aromatic nitrogens is 1. The quantitative estimate of drug-likeness (QED) is 0.886. The minimum absolute atomic E-state index is 0.0969. The zero-order chi connectivity index (χ0) is 13.9. The number of rotatable bonds is 5. The molecule has 0 fully saturated rings. The molecular weight excluding hydrogens is 352 g/mol. The standard InChI is InChI=1S/C11H11BrN2O3S2/c1-17-10-3-2-8(12)4-11(10)19(15,16)14-5-9-6-18-7-13-9/h2-4,6-7,14H,5H2,1H3. The lowest BCUT2D eigenvalue weighted by Crippen LogP contribution is -2.23. The highest BCUT2D eigenvalue weighted by Crippen LogP contribution is 2.27. The molecule has 0 bridgehead atoms. The summed E-state index contributed by atoms with van der Waals surface area (Å²) in [6, 6.07) is 4.82. The predicted molar refractivity (Wildman–Crippen MR) is 76.8 cm³/mol. The first kappa shape index (κ1) is 14.4. The smallest absolute Gasteiger partial charge is 0.244 e. The summed E-state index contributed by atoms with van der Waals surface area (Å²) in [5.74, 6) is 0.300. The van der Waals surface area contributed by atoms with Crippen molar-refractivity contribution in [1.82, 2.24) is 9.71 Å². The number of hydrogen-bond acceptors (Lipinski definition) is 5. The summed E-state index contributed by atoms with van der Waals surface area (Å²) >= 11 is 4.67. The maximum absolute atomic E-state index is 12.2. The molecule has 0 aliphatic heterocycles. The highest BCUT2D eigenvalue weighted by Gasteiger charge is 2.19. The van der Waals surface area contributed by atoms with Gasteiger partial charge in [0, 0.05) is 9.85 Å². The van der Waals surface area contributed by atoms with Crippen LogP contribution in [0, 0.1) is 0 Å². The largest absolute Gasteiger partial charge is 0.495 e. The first-order valence-corrected chi connectivity index (χ1v) is 8.45. The summed E-state index contributed by atoms with van der Waals surface area (Å²) in [7, 11) is -2.21. The summed E-state index contributed by atoms with van der Waals surface area (Å²) in [4.78, 5) is 4.12. The molecule has 0 spiro atoms. The lowest BCUT2D eigenvalue weighted by molar-refractivity contribution is 0.402. The predicted octanol–water partition coefficient (Wildman–Crippen LogP) is 2.39. The topological polar surface area (TPSA) is 68.3 Å². The molecule has 0 aliphatic rings. The van der Waals surface area contributed by atoms with Gasteiger partial charge in [-0.3, -0.25) is 0 Å². The molecule has 0 saturated carbocycles. The van der Waals surface area contributed by atoms with Crippen molar-refractivity contribution < 1.29 is 13.2 Å². The van der Waals surface area contributed by atoms with E-state index in [0.29, 0.717) is 15.9 Å². The van der Waals surface area contributed by atoms with Crippen LogP contribution in [0.4, 0.5) is 0 Å². The van der Waals surface area contributed by atoms with E-state index in [1.807, 2.05) is 0 Å². The molecule has 0 radical (unpaired) electrons. The van der Waals surface area contributed by atoms with E-state index in [4.69, 9.17) is 4.74 Å². The van der Waals surface area contributed by atoms with Crippen LogP contribution in [0.3, 0.4) is 0 Å². The molecule has 2 aromatic rings. The lowest BCUT2D eigenvalue weighted by atomic mass is 10.3. The molecule has 8 heteroatoms. The number of methoxy groups -OCH3 is 1. The summed E-state index contributed by atoms with van der Waals surface area (Å²) in [5.41, 5.74) is 2.34. The maximum atomic E-state index is 12.2. The first-order chi connectivity index (χ1) is 9.03. The Hall–Kier alpha value is -0.960. The average molecular weight is 363 g/mol. The Morgan fingerprint density at radius 3 is 2.89 bits per heavy atom. The molecule has 0 unspecified atom stereocenters. The molecule has 1 N–H and O–H groups in total. The Bertz CT molecular complexity index is 657. The zero-order valence-electron chi connectivity index (χ0n) is 9.96. The van der Waals surface area contributed by atoms with Crippen LogP contribution >= 0.6 is 27.3 Å². The fraction of sp³-hybridized carbons (Fsp3) is 0.182. The van der Waals surface area contributed by atoms with Crippen LogP contribution in [-0.2, 0) is 16.6 Å². The number of nitrogens with one attached hydrogen (secondary N) is 1. The Morgan fingerprint density at radius 1 is 1.47 bits per heavy atom. The number of thiazole rings is 1. The summed E-state index contributed by atoms with van der Waals surface area (Å²) in [6.45, 7) is 0.154. The third kappa shape index (κ3) is 3.53. The lowest BCUT2D eigenvalue weighted by Gasteiger charge is -2.10. The van der Waals surface area contributed by atoms with Crippen molar-refractivity contribution in [2.24, 2.45) is 0 Å². The van der Waals surface area contributed by atoms with Crippen LogP contribution in [0.15, 0.2) is 38.5 Å². The summed E-state index contributed by atoms with van der Waals surface area (Å²) in [6.07, 6.45) is 0. The number of benzene rings is 1. The van der Waals surface area contributed by atoms with Gasteiger partial charge in [-0.15, -0.1) is 11.3 Å². The van der Waals surface area contributed by atoms with Gasteiger partial charge in [0.2, 0.25) is 10.0 Å². The van der Waals surface area contributed by atoms with Crippen LogP contribution in [0.1, 0.15) is 5.69 Å². The molecule has 1 aromatic carbocycles. The Balaban J connectivity index is 2.26. The molecule has 102 valence electrons. The Kier molecular flexibility index (Phi) is 4.56. The van der Waals surface area contributed by atoms with Crippen molar-refractivity contribution >= 4 is 37.3 Å². The van der Waals surface area contributed by atoms with E-state index in [-0.39, 0.29) is 11.4 Å². The van der Waals surface area contributed by atoms with Gasteiger partial charge in [0.25, 0.3) is 0 Å². The Morgan fingerprint density at radius 2 is 2.26 bits per heavy atom. The number of ether oxygens (including phenoxy) is 1. The number of nitrogens with zero attached hydrogens (tertiary/aromatic N) is 1. The van der Waals surface area contributed by atoms with Crippen molar-refractivity contribution in [2.45, 2.75) is 11.4 Å². The molecule has 1 aromatic heterocycles. The third-order valence-corrected chi connectivity index (χ3v) is 4.89. The van der Waals surface area contributed by atoms with Crippen LogP contribution in [-0.4, -0.2) is 20.5 Å². The molecule has 0 saturated heterocycles. The molecule has 1 heterocycles. The van der Waals surface area contributed by atoms with E-state index in [0.717, 1.165) is 0 Å².